The summed E-state index contributed by atoms with van der Waals surface area (Å²) in [6, 6.07) is 6.95. The number of rotatable bonds is 4. The van der Waals surface area contributed by atoms with Gasteiger partial charge in [0.05, 0.1) is 29.1 Å². The standard InChI is InChI=1S/C14H13ClFN3O2/c1-21-8-2-3-11(16)12(6-8)19-13-9(14(18)20)4-7(17)5-10(13)15/h2-6,19H,17H2,1H3,(H2,18,20). The average molecular weight is 310 g/mol. The summed E-state index contributed by atoms with van der Waals surface area (Å²) in [4.78, 5) is 11.5. The number of hydrogen-bond donors (Lipinski definition) is 3. The quantitative estimate of drug-likeness (QED) is 0.757. The molecule has 2 rings (SSSR count). The molecule has 0 aliphatic heterocycles. The number of carbonyl (C=O) groups excluding carboxylic acids is 1. The highest BCUT2D eigenvalue weighted by Crippen LogP contribution is 2.33. The summed E-state index contributed by atoms with van der Waals surface area (Å²) in [6.07, 6.45) is 0. The number of anilines is 3. The van der Waals surface area contributed by atoms with Crippen LogP contribution < -0.4 is 21.5 Å². The highest BCUT2D eigenvalue weighted by Gasteiger charge is 2.15. The molecule has 0 spiro atoms. The molecule has 0 unspecified atom stereocenters. The van der Waals surface area contributed by atoms with Crippen molar-refractivity contribution in [2.45, 2.75) is 0 Å². The van der Waals surface area contributed by atoms with E-state index in [9.17, 15) is 9.18 Å². The molecule has 0 radical (unpaired) electrons. The first-order valence-electron chi connectivity index (χ1n) is 5.91. The summed E-state index contributed by atoms with van der Waals surface area (Å²) in [5.41, 5.74) is 11.6. The number of carbonyl (C=O) groups is 1. The third-order valence-corrected chi connectivity index (χ3v) is 3.11. The SMILES string of the molecule is COc1ccc(F)c(Nc2c(Cl)cc(N)cc2C(N)=O)c1. The van der Waals surface area contributed by atoms with Gasteiger partial charge in [-0.05, 0) is 24.3 Å². The van der Waals surface area contributed by atoms with Crippen molar-refractivity contribution in [1.82, 2.24) is 0 Å². The fourth-order valence-electron chi connectivity index (χ4n) is 1.81. The Morgan fingerprint density at radius 2 is 2.05 bits per heavy atom. The highest BCUT2D eigenvalue weighted by molar-refractivity contribution is 6.34. The first kappa shape index (κ1) is 14.9. The van der Waals surface area contributed by atoms with Gasteiger partial charge in [-0.15, -0.1) is 0 Å². The Bertz CT molecular complexity index is 707. The molecular formula is C14H13ClFN3O2. The Morgan fingerprint density at radius 3 is 2.67 bits per heavy atom. The van der Waals surface area contributed by atoms with Gasteiger partial charge in [0.25, 0.3) is 5.91 Å². The Morgan fingerprint density at radius 1 is 1.33 bits per heavy atom. The Balaban J connectivity index is 2.51. The molecule has 0 aliphatic carbocycles. The zero-order valence-corrected chi connectivity index (χ0v) is 11.9. The van der Waals surface area contributed by atoms with Crippen LogP contribution in [0, 0.1) is 5.82 Å². The molecule has 0 aromatic heterocycles. The number of ether oxygens (including phenoxy) is 1. The van der Waals surface area contributed by atoms with E-state index in [2.05, 4.69) is 5.32 Å². The van der Waals surface area contributed by atoms with Crippen molar-refractivity contribution in [3.05, 3.63) is 46.7 Å². The van der Waals surface area contributed by atoms with Crippen molar-refractivity contribution >= 4 is 34.6 Å². The number of halogens is 2. The van der Waals surface area contributed by atoms with Gasteiger partial charge in [-0.2, -0.15) is 0 Å². The smallest absolute Gasteiger partial charge is 0.250 e. The summed E-state index contributed by atoms with van der Waals surface area (Å²) >= 11 is 6.05. The van der Waals surface area contributed by atoms with E-state index in [4.69, 9.17) is 27.8 Å². The minimum absolute atomic E-state index is 0.0715. The summed E-state index contributed by atoms with van der Waals surface area (Å²) in [6.45, 7) is 0. The van der Waals surface area contributed by atoms with Gasteiger partial charge >= 0.3 is 0 Å². The Hall–Kier alpha value is -2.47. The molecular weight excluding hydrogens is 297 g/mol. The molecule has 2 aromatic rings. The second-order valence-corrected chi connectivity index (χ2v) is 4.67. The van der Waals surface area contributed by atoms with Crippen LogP contribution in [0.4, 0.5) is 21.5 Å². The molecule has 21 heavy (non-hydrogen) atoms. The van der Waals surface area contributed by atoms with Crippen LogP contribution in [0.25, 0.3) is 0 Å². The first-order valence-corrected chi connectivity index (χ1v) is 6.29. The molecule has 7 heteroatoms. The number of nitrogen functional groups attached to an aromatic ring is 1. The van der Waals surface area contributed by atoms with Gasteiger partial charge < -0.3 is 21.5 Å². The fourth-order valence-corrected chi connectivity index (χ4v) is 2.09. The molecule has 2 aromatic carbocycles. The van der Waals surface area contributed by atoms with Gasteiger partial charge in [0.15, 0.2) is 0 Å². The van der Waals surface area contributed by atoms with Gasteiger partial charge in [-0.25, -0.2) is 4.39 Å². The van der Waals surface area contributed by atoms with Crippen molar-refractivity contribution in [2.24, 2.45) is 5.73 Å². The molecule has 0 saturated carbocycles. The second-order valence-electron chi connectivity index (χ2n) is 4.26. The maximum atomic E-state index is 13.8. The minimum atomic E-state index is -0.727. The second kappa shape index (κ2) is 5.88. The van der Waals surface area contributed by atoms with Gasteiger partial charge in [-0.3, -0.25) is 4.79 Å². The molecule has 110 valence electrons. The van der Waals surface area contributed by atoms with Crippen LogP contribution >= 0.6 is 11.6 Å². The van der Waals surface area contributed by atoms with Gasteiger partial charge in [0.2, 0.25) is 0 Å². The average Bonchev–Trinajstić information content (AvgIpc) is 2.43. The minimum Gasteiger partial charge on any atom is -0.497 e. The van der Waals surface area contributed by atoms with Gasteiger partial charge in [0, 0.05) is 11.8 Å². The fraction of sp³-hybridized carbons (Fsp3) is 0.0714. The van der Waals surface area contributed by atoms with Crippen LogP contribution in [0.2, 0.25) is 5.02 Å². The molecule has 0 atom stereocenters. The predicted octanol–water partition coefficient (Wildman–Crippen LogP) is 2.91. The maximum Gasteiger partial charge on any atom is 0.250 e. The first-order chi connectivity index (χ1) is 9.92. The lowest BCUT2D eigenvalue weighted by Gasteiger charge is -2.14. The van der Waals surface area contributed by atoms with E-state index >= 15 is 0 Å². The predicted molar refractivity (Wildman–Crippen MR) is 80.6 cm³/mol. The largest absolute Gasteiger partial charge is 0.497 e. The molecule has 5 N–H and O–H groups in total. The highest BCUT2D eigenvalue weighted by atomic mass is 35.5. The number of amides is 1. The van der Waals surface area contributed by atoms with Crippen LogP contribution in [-0.4, -0.2) is 13.0 Å². The molecule has 5 nitrogen and oxygen atoms in total. The van der Waals surface area contributed by atoms with Crippen LogP contribution in [0.3, 0.4) is 0 Å². The van der Waals surface area contributed by atoms with Crippen molar-refractivity contribution in [3.63, 3.8) is 0 Å². The molecule has 0 fully saturated rings. The van der Waals surface area contributed by atoms with Crippen LogP contribution in [0.1, 0.15) is 10.4 Å². The summed E-state index contributed by atoms with van der Waals surface area (Å²) in [5.74, 6) is -0.805. The van der Waals surface area contributed by atoms with E-state index < -0.39 is 11.7 Å². The molecule has 0 bridgehead atoms. The Labute approximate surface area is 125 Å². The lowest BCUT2D eigenvalue weighted by atomic mass is 10.1. The number of nitrogens with two attached hydrogens (primary N) is 2. The zero-order chi connectivity index (χ0) is 15.6. The normalized spacial score (nSPS) is 10.2. The van der Waals surface area contributed by atoms with Crippen molar-refractivity contribution in [1.29, 1.82) is 0 Å². The van der Waals surface area contributed by atoms with E-state index in [1.807, 2.05) is 0 Å². The molecule has 0 saturated heterocycles. The number of primary amides is 1. The van der Waals surface area contributed by atoms with Crippen LogP contribution in [0.5, 0.6) is 5.75 Å². The van der Waals surface area contributed by atoms with Crippen molar-refractivity contribution in [2.75, 3.05) is 18.2 Å². The topological polar surface area (TPSA) is 90.4 Å². The third kappa shape index (κ3) is 3.17. The van der Waals surface area contributed by atoms with E-state index in [1.54, 1.807) is 0 Å². The van der Waals surface area contributed by atoms with E-state index in [-0.39, 0.29) is 27.6 Å². The van der Waals surface area contributed by atoms with E-state index in [0.717, 1.165) is 0 Å². The van der Waals surface area contributed by atoms with Crippen molar-refractivity contribution in [3.8, 4) is 5.75 Å². The molecule has 1 amide bonds. The number of methoxy groups -OCH3 is 1. The van der Waals surface area contributed by atoms with Crippen molar-refractivity contribution < 1.29 is 13.9 Å². The monoisotopic (exact) mass is 309 g/mol. The number of nitrogens with one attached hydrogen (secondary N) is 1. The number of benzene rings is 2. The number of hydrogen-bond acceptors (Lipinski definition) is 4. The van der Waals surface area contributed by atoms with Gasteiger partial charge in [-0.1, -0.05) is 11.6 Å². The van der Waals surface area contributed by atoms with E-state index in [1.165, 1.54) is 37.4 Å². The lowest BCUT2D eigenvalue weighted by molar-refractivity contribution is 0.100. The summed E-state index contributed by atoms with van der Waals surface area (Å²) in [5, 5.41) is 2.91. The van der Waals surface area contributed by atoms with E-state index in [0.29, 0.717) is 5.75 Å². The Kier molecular flexibility index (Phi) is 4.18. The third-order valence-electron chi connectivity index (χ3n) is 2.81. The summed E-state index contributed by atoms with van der Waals surface area (Å²) < 4.78 is 18.9. The molecule has 0 aliphatic rings. The van der Waals surface area contributed by atoms with Gasteiger partial charge in [0.1, 0.15) is 11.6 Å². The van der Waals surface area contributed by atoms with Crippen LogP contribution in [-0.2, 0) is 0 Å². The maximum absolute atomic E-state index is 13.8. The van der Waals surface area contributed by atoms with Crippen LogP contribution in [0.15, 0.2) is 30.3 Å². The lowest BCUT2D eigenvalue weighted by Crippen LogP contribution is -2.14. The summed E-state index contributed by atoms with van der Waals surface area (Å²) in [7, 11) is 1.46. The molecule has 0 heterocycles. The zero-order valence-electron chi connectivity index (χ0n) is 11.1.